The smallest absolute Gasteiger partial charge is 0.313 e. The first-order chi connectivity index (χ1) is 31.1. The lowest BCUT2D eigenvalue weighted by molar-refractivity contribution is -0.378. The third-order valence-electron chi connectivity index (χ3n) is 19.2. The number of hydrogen-bond acceptors (Lipinski definition) is 8. The molecule has 0 unspecified atom stereocenters. The van der Waals surface area contributed by atoms with E-state index < -0.39 is 42.4 Å². The zero-order valence-corrected chi connectivity index (χ0v) is 40.0. The Morgan fingerprint density at radius 3 is 2.11 bits per heavy atom. The van der Waals surface area contributed by atoms with Gasteiger partial charge in [-0.15, -0.1) is 0 Å². The Labute approximate surface area is 388 Å². The van der Waals surface area contributed by atoms with Crippen LogP contribution >= 0.6 is 0 Å². The monoisotopic (exact) mass is 887 g/mol. The third-order valence-corrected chi connectivity index (χ3v) is 19.2. The van der Waals surface area contributed by atoms with Crippen molar-refractivity contribution in [2.75, 3.05) is 6.61 Å². The number of carbonyl (C=O) groups excluding carboxylic acids is 1. The highest BCUT2D eigenvalue weighted by atomic mass is 16.8. The van der Waals surface area contributed by atoms with Gasteiger partial charge in [-0.05, 0) is 120 Å². The van der Waals surface area contributed by atoms with Crippen LogP contribution in [0, 0.1) is 50.2 Å². The van der Waals surface area contributed by atoms with Crippen molar-refractivity contribution < 1.29 is 38.3 Å². The normalized spacial score (nSPS) is 41.6. The predicted molar refractivity (Wildman–Crippen MR) is 250 cm³/mol. The molecular formula is C57H74O8. The molecule has 3 aromatic rings. The second-order valence-electron chi connectivity index (χ2n) is 23.4. The van der Waals surface area contributed by atoms with Crippen molar-refractivity contribution >= 4 is 5.97 Å². The van der Waals surface area contributed by atoms with Gasteiger partial charge in [-0.25, -0.2) is 0 Å². The van der Waals surface area contributed by atoms with Crippen molar-refractivity contribution in [2.24, 2.45) is 50.2 Å². The van der Waals surface area contributed by atoms with Gasteiger partial charge >= 0.3 is 5.97 Å². The van der Waals surface area contributed by atoms with E-state index in [1.165, 1.54) is 0 Å². The van der Waals surface area contributed by atoms with Crippen LogP contribution < -0.4 is 0 Å². The number of allylic oxidation sites excluding steroid dienone is 2. The molecule has 5 aliphatic carbocycles. The summed E-state index contributed by atoms with van der Waals surface area (Å²) in [7, 11) is 0. The largest absolute Gasteiger partial charge is 0.460 e. The quantitative estimate of drug-likeness (QED) is 0.129. The minimum atomic E-state index is -1.06. The van der Waals surface area contributed by atoms with Gasteiger partial charge in [-0.1, -0.05) is 151 Å². The zero-order valence-electron chi connectivity index (χ0n) is 40.0. The fourth-order valence-corrected chi connectivity index (χ4v) is 15.3. The first-order valence-electron chi connectivity index (χ1n) is 25.0. The lowest BCUT2D eigenvalue weighted by Gasteiger charge is -2.71. The first-order valence-corrected chi connectivity index (χ1v) is 25.0. The average molecular weight is 887 g/mol. The summed E-state index contributed by atoms with van der Waals surface area (Å²) in [5, 5.41) is 12.2. The molecule has 8 nitrogen and oxygen atoms in total. The number of benzene rings is 3. The maximum absolute atomic E-state index is 14.5. The lowest BCUT2D eigenvalue weighted by atomic mass is 9.33. The topological polar surface area (TPSA) is 92.7 Å². The maximum Gasteiger partial charge on any atom is 0.313 e. The van der Waals surface area contributed by atoms with E-state index in [0.29, 0.717) is 31.7 Å². The molecule has 3 aromatic carbocycles. The molecule has 10 rings (SSSR count). The summed E-state index contributed by atoms with van der Waals surface area (Å²) in [6.45, 7) is 18.4. The molecule has 0 amide bonds. The highest BCUT2D eigenvalue weighted by Gasteiger charge is 2.70. The Bertz CT molecular complexity index is 2190. The van der Waals surface area contributed by atoms with Crippen LogP contribution in [0.1, 0.15) is 136 Å². The summed E-state index contributed by atoms with van der Waals surface area (Å²) in [5.41, 5.74) is 4.25. The number of aliphatic hydroxyl groups excluding tert-OH is 1. The van der Waals surface area contributed by atoms with Crippen molar-refractivity contribution in [3.8, 4) is 0 Å². The molecule has 2 saturated heterocycles. The molecule has 4 saturated carbocycles. The number of rotatable bonds is 9. The summed E-state index contributed by atoms with van der Waals surface area (Å²) in [6.07, 6.45) is 8.43. The summed E-state index contributed by atoms with van der Waals surface area (Å²) in [5.74, 6) is 1.13. The number of hydrogen-bond donors (Lipinski definition) is 1. The summed E-state index contributed by atoms with van der Waals surface area (Å²) in [6, 6.07) is 30.2. The predicted octanol–water partition coefficient (Wildman–Crippen LogP) is 11.7. The Balaban J connectivity index is 0.882. The average Bonchev–Trinajstić information content (AvgIpc) is 3.30. The van der Waals surface area contributed by atoms with Gasteiger partial charge in [0.1, 0.15) is 31.0 Å². The van der Waals surface area contributed by atoms with Crippen LogP contribution in [0.4, 0.5) is 0 Å². The second kappa shape index (κ2) is 17.0. The summed E-state index contributed by atoms with van der Waals surface area (Å²) in [4.78, 5) is 14.5. The Morgan fingerprint density at radius 1 is 0.738 bits per heavy atom. The van der Waals surface area contributed by atoms with Gasteiger partial charge in [0.15, 0.2) is 12.6 Å². The molecule has 6 fully saturated rings. The fraction of sp³-hybridized carbons (Fsp3) is 0.632. The molecule has 14 atom stereocenters. The maximum atomic E-state index is 14.5. The van der Waals surface area contributed by atoms with Crippen LogP contribution in [0.15, 0.2) is 103 Å². The van der Waals surface area contributed by atoms with Crippen LogP contribution in [0.25, 0.3) is 0 Å². The van der Waals surface area contributed by atoms with Crippen LogP contribution in [-0.4, -0.2) is 54.5 Å². The number of esters is 1. The Hall–Kier alpha value is -3.37. The molecule has 7 aliphatic rings. The van der Waals surface area contributed by atoms with Crippen molar-refractivity contribution in [3.63, 3.8) is 0 Å². The van der Waals surface area contributed by atoms with E-state index in [1.807, 2.05) is 78.9 Å². The van der Waals surface area contributed by atoms with E-state index in [2.05, 4.69) is 66.7 Å². The molecule has 0 spiro atoms. The minimum Gasteiger partial charge on any atom is -0.460 e. The van der Waals surface area contributed by atoms with Gasteiger partial charge in [0.25, 0.3) is 0 Å². The molecule has 1 N–H and O–H groups in total. The summed E-state index contributed by atoms with van der Waals surface area (Å²) < 4.78 is 39.5. The van der Waals surface area contributed by atoms with E-state index >= 15 is 0 Å². The van der Waals surface area contributed by atoms with Crippen LogP contribution in [0.2, 0.25) is 0 Å². The third kappa shape index (κ3) is 7.69. The van der Waals surface area contributed by atoms with Gasteiger partial charge in [0, 0.05) is 5.56 Å². The van der Waals surface area contributed by atoms with Crippen molar-refractivity contribution in [2.45, 2.75) is 169 Å². The van der Waals surface area contributed by atoms with E-state index in [1.54, 1.807) is 5.57 Å². The molecule has 65 heavy (non-hydrogen) atoms. The van der Waals surface area contributed by atoms with E-state index in [-0.39, 0.29) is 45.1 Å². The highest BCUT2D eigenvalue weighted by molar-refractivity contribution is 5.79. The van der Waals surface area contributed by atoms with Gasteiger partial charge in [-0.3, -0.25) is 4.79 Å². The van der Waals surface area contributed by atoms with Gasteiger partial charge in [0.05, 0.1) is 24.7 Å². The minimum absolute atomic E-state index is 0.00229. The van der Waals surface area contributed by atoms with E-state index in [0.717, 1.165) is 80.9 Å². The lowest BCUT2D eigenvalue weighted by Crippen LogP contribution is -2.66. The van der Waals surface area contributed by atoms with E-state index in [4.69, 9.17) is 28.4 Å². The van der Waals surface area contributed by atoms with Crippen LogP contribution in [0.5, 0.6) is 0 Å². The molecule has 8 heteroatoms. The molecule has 2 heterocycles. The number of aliphatic hydroxyl groups is 1. The van der Waals surface area contributed by atoms with Gasteiger partial charge < -0.3 is 33.5 Å². The molecule has 0 bridgehead atoms. The fourth-order valence-electron chi connectivity index (χ4n) is 15.3. The second-order valence-corrected chi connectivity index (χ2v) is 23.4. The first kappa shape index (κ1) is 45.4. The van der Waals surface area contributed by atoms with Gasteiger partial charge in [-0.2, -0.15) is 0 Å². The van der Waals surface area contributed by atoms with Crippen molar-refractivity contribution in [1.82, 2.24) is 0 Å². The van der Waals surface area contributed by atoms with Gasteiger partial charge in [0.2, 0.25) is 0 Å². The standard InChI is InChI=1S/C57H74O8/c1-52(2)29-31-57(51(59)62-35-38-19-13-9-14-20-38)32-30-55(6)40(41(57)33-52)23-24-44-54(5)27-26-45(53(3,4)43(54)25-28-56(44,55)7)64-50-46(58)48(60-34-37-17-11-8-12-18-37)47-42(63-50)36-61-49(65-47)39-21-15-10-16-22-39/h8-23,41-50,58H,24-36H2,1-7H3/t41-,42+,43-,44+,45-,46+,47+,48+,49+,50-,54-,55+,56+,57-/m0/s1. The van der Waals surface area contributed by atoms with Crippen molar-refractivity contribution in [3.05, 3.63) is 119 Å². The molecule has 350 valence electrons. The molecule has 2 aliphatic heterocycles. The summed E-state index contributed by atoms with van der Waals surface area (Å²) >= 11 is 0. The zero-order chi connectivity index (χ0) is 45.4. The number of fused-ring (bicyclic) bond motifs is 8. The van der Waals surface area contributed by atoms with Crippen LogP contribution in [-0.2, 0) is 46.4 Å². The van der Waals surface area contributed by atoms with E-state index in [9.17, 15) is 9.90 Å². The SMILES string of the molecule is CC1(C)CC[C@]2(C(=O)OCc3ccccc3)CC[C@]3(C)C(=CC[C@@H]4[C@@]5(C)CC[C@H](O[C@@H]6O[C@@H]7CO[C@@H](c8ccccc8)O[C@H]7[C@H](OCc7ccccc7)[C@H]6O)C(C)(C)[C@@H]5CC[C@]43C)[C@@H]2C1. The Morgan fingerprint density at radius 2 is 1.40 bits per heavy atom. The number of ether oxygens (including phenoxy) is 6. The molecule has 0 radical (unpaired) electrons. The number of carbonyl (C=O) groups is 1. The van der Waals surface area contributed by atoms with Crippen LogP contribution in [0.3, 0.4) is 0 Å². The molecule has 0 aromatic heterocycles. The Kier molecular flexibility index (Phi) is 11.9. The highest BCUT2D eigenvalue weighted by Crippen LogP contribution is 2.76. The van der Waals surface area contributed by atoms with Crippen molar-refractivity contribution in [1.29, 1.82) is 0 Å². The molecular weight excluding hydrogens is 813 g/mol.